The highest BCUT2D eigenvalue weighted by molar-refractivity contribution is 5.88. The third-order valence-electron chi connectivity index (χ3n) is 2.24. The predicted molar refractivity (Wildman–Crippen MR) is 60.6 cm³/mol. The lowest BCUT2D eigenvalue weighted by molar-refractivity contribution is -0.131. The minimum atomic E-state index is -0.987. The van der Waals surface area contributed by atoms with E-state index >= 15 is 0 Å². The fourth-order valence-corrected chi connectivity index (χ4v) is 1.51. The summed E-state index contributed by atoms with van der Waals surface area (Å²) in [4.78, 5) is 10.3. The Hall–Kier alpha value is -2.16. The van der Waals surface area contributed by atoms with Gasteiger partial charge in [0.15, 0.2) is 0 Å². The van der Waals surface area contributed by atoms with E-state index in [9.17, 15) is 9.18 Å². The Morgan fingerprint density at radius 3 is 2.56 bits per heavy atom. The Balaban J connectivity index is 2.44. The molecular weight excluding hydrogens is 207 g/mol. The molecule has 1 N–H and O–H groups in total. The molecule has 2 nitrogen and oxygen atoms in total. The van der Waals surface area contributed by atoms with Crippen molar-refractivity contribution in [2.75, 3.05) is 0 Å². The first kappa shape index (κ1) is 10.4. The molecule has 0 heterocycles. The third kappa shape index (κ3) is 2.25. The van der Waals surface area contributed by atoms with Gasteiger partial charge in [-0.1, -0.05) is 18.2 Å². The molecule has 3 heteroatoms. The van der Waals surface area contributed by atoms with Crippen LogP contribution in [0, 0.1) is 5.82 Å². The van der Waals surface area contributed by atoms with Crippen molar-refractivity contribution in [3.63, 3.8) is 0 Å². The molecule has 0 amide bonds. The maximum Gasteiger partial charge on any atom is 0.328 e. The maximum absolute atomic E-state index is 12.9. The molecular formula is C13H9FO2. The van der Waals surface area contributed by atoms with Gasteiger partial charge in [-0.2, -0.15) is 0 Å². The van der Waals surface area contributed by atoms with Gasteiger partial charge in [-0.25, -0.2) is 9.18 Å². The Morgan fingerprint density at radius 2 is 1.81 bits per heavy atom. The molecule has 0 saturated carbocycles. The molecule has 0 bridgehead atoms. The summed E-state index contributed by atoms with van der Waals surface area (Å²) >= 11 is 0. The molecule has 0 saturated heterocycles. The molecule has 0 aliphatic heterocycles. The van der Waals surface area contributed by atoms with E-state index in [0.29, 0.717) is 0 Å². The lowest BCUT2D eigenvalue weighted by atomic mass is 10.1. The molecule has 2 aromatic carbocycles. The molecule has 2 aromatic rings. The number of benzene rings is 2. The first-order valence-electron chi connectivity index (χ1n) is 4.75. The van der Waals surface area contributed by atoms with Gasteiger partial charge in [0, 0.05) is 6.08 Å². The van der Waals surface area contributed by atoms with Crippen molar-refractivity contribution in [3.05, 3.63) is 53.9 Å². The van der Waals surface area contributed by atoms with E-state index in [2.05, 4.69) is 0 Å². The Morgan fingerprint density at radius 1 is 1.12 bits per heavy atom. The van der Waals surface area contributed by atoms with Crippen molar-refractivity contribution in [1.82, 2.24) is 0 Å². The fourth-order valence-electron chi connectivity index (χ4n) is 1.51. The van der Waals surface area contributed by atoms with Crippen molar-refractivity contribution in [2.45, 2.75) is 0 Å². The highest BCUT2D eigenvalue weighted by Crippen LogP contribution is 2.18. The third-order valence-corrected chi connectivity index (χ3v) is 2.24. The molecule has 0 radical (unpaired) electrons. The summed E-state index contributed by atoms with van der Waals surface area (Å²) in [6.45, 7) is 0. The van der Waals surface area contributed by atoms with E-state index in [1.54, 1.807) is 18.2 Å². The predicted octanol–water partition coefficient (Wildman–Crippen LogP) is 3.08. The zero-order chi connectivity index (χ0) is 11.5. The highest BCUT2D eigenvalue weighted by atomic mass is 19.1. The fraction of sp³-hybridized carbons (Fsp3) is 0. The zero-order valence-corrected chi connectivity index (χ0v) is 8.35. The van der Waals surface area contributed by atoms with Crippen molar-refractivity contribution in [1.29, 1.82) is 0 Å². The number of rotatable bonds is 2. The summed E-state index contributed by atoms with van der Waals surface area (Å²) in [5, 5.41) is 10.2. The topological polar surface area (TPSA) is 37.3 Å². The zero-order valence-electron chi connectivity index (χ0n) is 8.35. The first-order chi connectivity index (χ1) is 7.65. The van der Waals surface area contributed by atoms with Gasteiger partial charge in [0.25, 0.3) is 0 Å². The van der Waals surface area contributed by atoms with Gasteiger partial charge in [0.1, 0.15) is 5.82 Å². The van der Waals surface area contributed by atoms with Gasteiger partial charge >= 0.3 is 5.97 Å². The number of hydrogen-bond donors (Lipinski definition) is 1. The minimum Gasteiger partial charge on any atom is -0.478 e. The number of hydrogen-bond acceptors (Lipinski definition) is 1. The second kappa shape index (κ2) is 4.14. The normalized spacial score (nSPS) is 11.1. The van der Waals surface area contributed by atoms with Crippen molar-refractivity contribution in [3.8, 4) is 0 Å². The number of carbonyl (C=O) groups is 1. The van der Waals surface area contributed by atoms with Crippen LogP contribution in [0.1, 0.15) is 5.56 Å². The minimum absolute atomic E-state index is 0.277. The number of carboxylic acid groups (broad SMARTS) is 1. The van der Waals surface area contributed by atoms with Crippen LogP contribution in [-0.2, 0) is 4.79 Å². The molecule has 0 aromatic heterocycles. The number of carboxylic acids is 1. The molecule has 0 unspecified atom stereocenters. The summed E-state index contributed by atoms with van der Waals surface area (Å²) in [7, 11) is 0. The average Bonchev–Trinajstić information content (AvgIpc) is 2.26. The van der Waals surface area contributed by atoms with E-state index in [1.165, 1.54) is 18.2 Å². The van der Waals surface area contributed by atoms with Gasteiger partial charge in [-0.15, -0.1) is 0 Å². The van der Waals surface area contributed by atoms with Crippen LogP contribution in [0.2, 0.25) is 0 Å². The Bertz CT molecular complexity index is 573. The maximum atomic E-state index is 12.9. The summed E-state index contributed by atoms with van der Waals surface area (Å²) in [5.41, 5.74) is 0.779. The van der Waals surface area contributed by atoms with Crippen LogP contribution in [0.5, 0.6) is 0 Å². The smallest absolute Gasteiger partial charge is 0.328 e. The van der Waals surface area contributed by atoms with Gasteiger partial charge in [0.05, 0.1) is 0 Å². The average molecular weight is 216 g/mol. The molecule has 0 spiro atoms. The second-order valence-electron chi connectivity index (χ2n) is 3.42. The molecule has 16 heavy (non-hydrogen) atoms. The van der Waals surface area contributed by atoms with Crippen molar-refractivity contribution >= 4 is 22.8 Å². The number of aliphatic carboxylic acids is 1. The molecule has 0 atom stereocenters. The Labute approximate surface area is 91.6 Å². The van der Waals surface area contributed by atoms with Crippen molar-refractivity contribution in [2.24, 2.45) is 0 Å². The van der Waals surface area contributed by atoms with Crippen LogP contribution in [0.25, 0.3) is 16.8 Å². The molecule has 80 valence electrons. The molecule has 0 aliphatic carbocycles. The summed E-state index contributed by atoms with van der Waals surface area (Å²) in [6.07, 6.45) is 2.58. The summed E-state index contributed by atoms with van der Waals surface area (Å²) in [5.74, 6) is -1.26. The van der Waals surface area contributed by atoms with Crippen LogP contribution in [0.15, 0.2) is 42.5 Å². The van der Waals surface area contributed by atoms with E-state index < -0.39 is 5.97 Å². The monoisotopic (exact) mass is 216 g/mol. The van der Waals surface area contributed by atoms with Gasteiger partial charge in [0.2, 0.25) is 0 Å². The molecule has 2 rings (SSSR count). The standard InChI is InChI=1S/C13H9FO2/c14-12-5-4-10-7-9(2-6-13(15)16)1-3-11(10)8-12/h1-8H,(H,15,16). The number of fused-ring (bicyclic) bond motifs is 1. The van der Waals surface area contributed by atoms with Gasteiger partial charge in [-0.05, 0) is 40.6 Å². The quantitative estimate of drug-likeness (QED) is 0.783. The largest absolute Gasteiger partial charge is 0.478 e. The lowest BCUT2D eigenvalue weighted by Crippen LogP contribution is -1.85. The van der Waals surface area contributed by atoms with Gasteiger partial charge < -0.3 is 5.11 Å². The highest BCUT2D eigenvalue weighted by Gasteiger charge is 1.96. The Kier molecular flexibility index (Phi) is 2.68. The first-order valence-corrected chi connectivity index (χ1v) is 4.75. The molecule has 0 aliphatic rings. The molecule has 0 fully saturated rings. The second-order valence-corrected chi connectivity index (χ2v) is 3.42. The lowest BCUT2D eigenvalue weighted by Gasteiger charge is -1.99. The van der Waals surface area contributed by atoms with Crippen LogP contribution in [0.3, 0.4) is 0 Å². The van der Waals surface area contributed by atoms with Gasteiger partial charge in [-0.3, -0.25) is 0 Å². The van der Waals surface area contributed by atoms with Crippen LogP contribution in [-0.4, -0.2) is 11.1 Å². The summed E-state index contributed by atoms with van der Waals surface area (Å²) < 4.78 is 12.9. The SMILES string of the molecule is O=C(O)C=Cc1ccc2cc(F)ccc2c1. The van der Waals surface area contributed by atoms with E-state index in [1.807, 2.05) is 6.07 Å². The van der Waals surface area contributed by atoms with Crippen LogP contribution >= 0.6 is 0 Å². The van der Waals surface area contributed by atoms with Crippen LogP contribution in [0.4, 0.5) is 4.39 Å². The van der Waals surface area contributed by atoms with Crippen molar-refractivity contribution < 1.29 is 14.3 Å². The summed E-state index contributed by atoms with van der Waals surface area (Å²) in [6, 6.07) is 9.82. The van der Waals surface area contributed by atoms with E-state index in [4.69, 9.17) is 5.11 Å². The van der Waals surface area contributed by atoms with E-state index in [-0.39, 0.29) is 5.82 Å². The van der Waals surface area contributed by atoms with Crippen LogP contribution < -0.4 is 0 Å². The number of halogens is 1. The van der Waals surface area contributed by atoms with E-state index in [0.717, 1.165) is 22.4 Å².